The van der Waals surface area contributed by atoms with Crippen LogP contribution in [0.3, 0.4) is 0 Å². The highest BCUT2D eigenvalue weighted by Gasteiger charge is 2.07. The third-order valence-corrected chi connectivity index (χ3v) is 4.23. The van der Waals surface area contributed by atoms with E-state index in [9.17, 15) is 4.79 Å². The molecule has 4 heteroatoms. The van der Waals surface area contributed by atoms with E-state index < -0.39 is 0 Å². The average molecular weight is 308 g/mol. The molecule has 0 spiro atoms. The number of rotatable bonds is 4. The summed E-state index contributed by atoms with van der Waals surface area (Å²) in [5.41, 5.74) is 4.84. The van der Waals surface area contributed by atoms with Gasteiger partial charge in [-0.15, -0.1) is 0 Å². The number of nitrogens with zero attached hydrogens (tertiary/aromatic N) is 1. The summed E-state index contributed by atoms with van der Waals surface area (Å²) < 4.78 is 0. The van der Waals surface area contributed by atoms with E-state index in [1.165, 1.54) is 5.56 Å². The van der Waals surface area contributed by atoms with Crippen LogP contribution < -0.4 is 5.32 Å². The van der Waals surface area contributed by atoms with Crippen molar-refractivity contribution in [2.75, 3.05) is 0 Å². The van der Waals surface area contributed by atoms with Crippen molar-refractivity contribution >= 4 is 17.2 Å². The Labute approximate surface area is 133 Å². The Bertz CT molecular complexity index is 764. The first-order valence-electron chi connectivity index (χ1n) is 7.05. The van der Waals surface area contributed by atoms with Crippen LogP contribution in [-0.4, -0.2) is 10.9 Å². The van der Waals surface area contributed by atoms with Gasteiger partial charge in [-0.3, -0.25) is 9.78 Å². The number of pyridine rings is 1. The number of thiophene rings is 1. The molecule has 0 radical (unpaired) electrons. The number of nitrogens with one attached hydrogen (secondary N) is 1. The average Bonchev–Trinajstić information content (AvgIpc) is 3.08. The monoisotopic (exact) mass is 308 g/mol. The molecule has 1 N–H and O–H groups in total. The zero-order valence-corrected chi connectivity index (χ0v) is 13.1. The van der Waals surface area contributed by atoms with Gasteiger partial charge in [0, 0.05) is 23.7 Å². The molecular weight excluding hydrogens is 292 g/mol. The molecule has 0 atom stereocenters. The number of aromatic nitrogens is 1. The van der Waals surface area contributed by atoms with Crippen LogP contribution in [0.25, 0.3) is 11.3 Å². The number of benzene rings is 1. The lowest BCUT2D eigenvalue weighted by Gasteiger charge is -2.08. The first-order chi connectivity index (χ1) is 10.7. The van der Waals surface area contributed by atoms with Crippen molar-refractivity contribution in [1.29, 1.82) is 0 Å². The van der Waals surface area contributed by atoms with Gasteiger partial charge in [0.15, 0.2) is 0 Å². The molecule has 3 aromatic rings. The van der Waals surface area contributed by atoms with Crippen LogP contribution in [0.15, 0.2) is 59.4 Å². The SMILES string of the molecule is Cc1ccccc1CNC(=O)c1ccc(-c2ccsc2)nc1. The van der Waals surface area contributed by atoms with E-state index >= 15 is 0 Å². The maximum absolute atomic E-state index is 12.2. The third kappa shape index (κ3) is 3.23. The molecule has 0 aliphatic heterocycles. The maximum atomic E-state index is 12.2. The smallest absolute Gasteiger partial charge is 0.253 e. The van der Waals surface area contributed by atoms with E-state index in [1.807, 2.05) is 60.1 Å². The molecule has 0 aliphatic carbocycles. The lowest BCUT2D eigenvalue weighted by atomic mass is 10.1. The Morgan fingerprint density at radius 3 is 2.73 bits per heavy atom. The van der Waals surface area contributed by atoms with Gasteiger partial charge in [0.1, 0.15) is 0 Å². The molecule has 0 unspecified atom stereocenters. The Morgan fingerprint density at radius 1 is 1.18 bits per heavy atom. The van der Waals surface area contributed by atoms with Gasteiger partial charge in [-0.05, 0) is 41.6 Å². The highest BCUT2D eigenvalue weighted by atomic mass is 32.1. The summed E-state index contributed by atoms with van der Waals surface area (Å²) in [5.74, 6) is -0.104. The third-order valence-electron chi connectivity index (χ3n) is 3.54. The van der Waals surface area contributed by atoms with Gasteiger partial charge in [-0.1, -0.05) is 24.3 Å². The second-order valence-electron chi connectivity index (χ2n) is 5.05. The molecule has 0 saturated heterocycles. The van der Waals surface area contributed by atoms with Crippen LogP contribution in [0.2, 0.25) is 0 Å². The van der Waals surface area contributed by atoms with Crippen LogP contribution in [0, 0.1) is 6.92 Å². The number of carbonyl (C=O) groups excluding carboxylic acids is 1. The topological polar surface area (TPSA) is 42.0 Å². The number of aryl methyl sites for hydroxylation is 1. The molecular formula is C18H16N2OS. The fourth-order valence-corrected chi connectivity index (χ4v) is 2.84. The molecule has 22 heavy (non-hydrogen) atoms. The van der Waals surface area contributed by atoms with E-state index in [0.29, 0.717) is 12.1 Å². The first-order valence-corrected chi connectivity index (χ1v) is 7.99. The fourth-order valence-electron chi connectivity index (χ4n) is 2.20. The van der Waals surface area contributed by atoms with Gasteiger partial charge in [0.2, 0.25) is 0 Å². The van der Waals surface area contributed by atoms with Gasteiger partial charge < -0.3 is 5.32 Å². The first kappa shape index (κ1) is 14.5. The highest BCUT2D eigenvalue weighted by Crippen LogP contribution is 2.19. The molecule has 0 bridgehead atoms. The van der Waals surface area contributed by atoms with Gasteiger partial charge in [-0.2, -0.15) is 11.3 Å². The Morgan fingerprint density at radius 2 is 2.05 bits per heavy atom. The summed E-state index contributed by atoms with van der Waals surface area (Å²) in [6.45, 7) is 2.57. The van der Waals surface area contributed by atoms with Crippen molar-refractivity contribution < 1.29 is 4.79 Å². The van der Waals surface area contributed by atoms with Crippen molar-refractivity contribution in [1.82, 2.24) is 10.3 Å². The van der Waals surface area contributed by atoms with Crippen molar-refractivity contribution in [3.8, 4) is 11.3 Å². The molecule has 1 aromatic carbocycles. The van der Waals surface area contributed by atoms with Gasteiger partial charge in [-0.25, -0.2) is 0 Å². The van der Waals surface area contributed by atoms with E-state index in [1.54, 1.807) is 17.5 Å². The molecule has 0 fully saturated rings. The summed E-state index contributed by atoms with van der Waals surface area (Å²) in [6.07, 6.45) is 1.63. The Balaban J connectivity index is 1.67. The van der Waals surface area contributed by atoms with Gasteiger partial charge >= 0.3 is 0 Å². The zero-order valence-electron chi connectivity index (χ0n) is 12.2. The van der Waals surface area contributed by atoms with Crippen LogP contribution >= 0.6 is 11.3 Å². The number of hydrogen-bond donors (Lipinski definition) is 1. The van der Waals surface area contributed by atoms with E-state index in [2.05, 4.69) is 10.3 Å². The quantitative estimate of drug-likeness (QED) is 0.790. The van der Waals surface area contributed by atoms with Crippen molar-refractivity contribution in [3.63, 3.8) is 0 Å². The second-order valence-corrected chi connectivity index (χ2v) is 5.83. The van der Waals surface area contributed by atoms with Crippen LogP contribution in [0.5, 0.6) is 0 Å². The Kier molecular flexibility index (Phi) is 4.30. The predicted molar refractivity (Wildman–Crippen MR) is 89.9 cm³/mol. The molecule has 1 amide bonds. The van der Waals surface area contributed by atoms with Gasteiger partial charge in [0.25, 0.3) is 5.91 Å². The lowest BCUT2D eigenvalue weighted by Crippen LogP contribution is -2.23. The van der Waals surface area contributed by atoms with Gasteiger partial charge in [0.05, 0.1) is 11.3 Å². The molecule has 3 rings (SSSR count). The number of hydrogen-bond acceptors (Lipinski definition) is 3. The van der Waals surface area contributed by atoms with E-state index in [-0.39, 0.29) is 5.91 Å². The second kappa shape index (κ2) is 6.54. The molecule has 2 aromatic heterocycles. The van der Waals surface area contributed by atoms with Crippen molar-refractivity contribution in [2.45, 2.75) is 13.5 Å². The molecule has 2 heterocycles. The Hall–Kier alpha value is -2.46. The predicted octanol–water partition coefficient (Wildman–Crippen LogP) is 4.05. The van der Waals surface area contributed by atoms with E-state index in [4.69, 9.17) is 0 Å². The van der Waals surface area contributed by atoms with Crippen LogP contribution in [0.1, 0.15) is 21.5 Å². The zero-order chi connectivity index (χ0) is 15.4. The highest BCUT2D eigenvalue weighted by molar-refractivity contribution is 7.08. The van der Waals surface area contributed by atoms with E-state index in [0.717, 1.165) is 16.8 Å². The minimum atomic E-state index is -0.104. The van der Waals surface area contributed by atoms with Crippen LogP contribution in [-0.2, 0) is 6.54 Å². The van der Waals surface area contributed by atoms with Crippen molar-refractivity contribution in [2.24, 2.45) is 0 Å². The van der Waals surface area contributed by atoms with Crippen LogP contribution in [0.4, 0.5) is 0 Å². The standard InChI is InChI=1S/C18H16N2OS/c1-13-4-2-3-5-14(13)10-20-18(21)15-6-7-17(19-11-15)16-8-9-22-12-16/h2-9,11-12H,10H2,1H3,(H,20,21). The molecule has 0 aliphatic rings. The minimum Gasteiger partial charge on any atom is -0.348 e. The number of amides is 1. The van der Waals surface area contributed by atoms with Crippen molar-refractivity contribution in [3.05, 3.63) is 76.1 Å². The summed E-state index contributed by atoms with van der Waals surface area (Å²) in [4.78, 5) is 16.5. The normalized spacial score (nSPS) is 10.4. The number of carbonyl (C=O) groups is 1. The lowest BCUT2D eigenvalue weighted by molar-refractivity contribution is 0.0950. The summed E-state index contributed by atoms with van der Waals surface area (Å²) in [7, 11) is 0. The molecule has 110 valence electrons. The molecule has 0 saturated carbocycles. The minimum absolute atomic E-state index is 0.104. The molecule has 3 nitrogen and oxygen atoms in total. The maximum Gasteiger partial charge on any atom is 0.253 e. The summed E-state index contributed by atoms with van der Waals surface area (Å²) >= 11 is 1.63. The fraction of sp³-hybridized carbons (Fsp3) is 0.111. The largest absolute Gasteiger partial charge is 0.348 e. The summed E-state index contributed by atoms with van der Waals surface area (Å²) in [5, 5.41) is 6.99. The summed E-state index contributed by atoms with van der Waals surface area (Å²) in [6, 6.07) is 13.7.